The first kappa shape index (κ1) is 21.8. The number of pyridine rings is 1. The van der Waals surface area contributed by atoms with Gasteiger partial charge in [0.05, 0.1) is 30.5 Å². The average Bonchev–Trinajstić information content (AvgIpc) is 3.22. The molecule has 0 unspecified atom stereocenters. The lowest BCUT2D eigenvalue weighted by molar-refractivity contribution is 0.0172. The number of aromatic nitrogens is 3. The minimum atomic E-state index is 0.241. The summed E-state index contributed by atoms with van der Waals surface area (Å²) in [4.78, 5) is 7.36. The molecular formula is C28H28N6O. The number of nitrogens with two attached hydrogens (primary N) is 1. The molecule has 1 saturated carbocycles. The quantitative estimate of drug-likeness (QED) is 0.467. The second-order valence-electron chi connectivity index (χ2n) is 9.54. The molecule has 1 aliphatic heterocycles. The highest BCUT2D eigenvalue weighted by Gasteiger charge is 2.35. The second kappa shape index (κ2) is 9.14. The van der Waals surface area contributed by atoms with Gasteiger partial charge in [0.2, 0.25) is 0 Å². The van der Waals surface area contributed by atoms with Gasteiger partial charge in [-0.25, -0.2) is 9.67 Å². The number of nitriles is 1. The number of hydrogen-bond acceptors (Lipinski definition) is 6. The summed E-state index contributed by atoms with van der Waals surface area (Å²) in [6.07, 6.45) is 2.07. The van der Waals surface area contributed by atoms with Crippen LogP contribution in [0, 0.1) is 17.2 Å². The number of nitrogen functional groups attached to an aromatic ring is 1. The van der Waals surface area contributed by atoms with Crippen LogP contribution >= 0.6 is 0 Å². The maximum Gasteiger partial charge on any atom is 0.140 e. The van der Waals surface area contributed by atoms with E-state index in [4.69, 9.17) is 20.6 Å². The first-order valence-corrected chi connectivity index (χ1v) is 12.2. The Hall–Kier alpha value is -3.73. The summed E-state index contributed by atoms with van der Waals surface area (Å²) in [7, 11) is 0. The van der Waals surface area contributed by atoms with E-state index in [1.807, 2.05) is 47.1 Å². The minimum absolute atomic E-state index is 0.241. The van der Waals surface area contributed by atoms with Crippen molar-refractivity contribution in [2.75, 3.05) is 38.6 Å². The highest BCUT2D eigenvalue weighted by atomic mass is 16.5. The number of rotatable bonds is 5. The first-order chi connectivity index (χ1) is 17.2. The Kier molecular flexibility index (Phi) is 5.69. The molecule has 2 aromatic carbocycles. The molecule has 0 spiro atoms. The van der Waals surface area contributed by atoms with Crippen LogP contribution in [0.4, 0.5) is 5.82 Å². The maximum atomic E-state index is 9.90. The summed E-state index contributed by atoms with van der Waals surface area (Å²) in [6, 6.07) is 22.8. The molecule has 2 aliphatic rings. The highest BCUT2D eigenvalue weighted by molar-refractivity contribution is 5.87. The van der Waals surface area contributed by atoms with Crippen molar-refractivity contribution in [1.82, 2.24) is 19.7 Å². The van der Waals surface area contributed by atoms with E-state index < -0.39 is 0 Å². The molecule has 4 aromatic rings. The van der Waals surface area contributed by atoms with Crippen molar-refractivity contribution < 1.29 is 4.74 Å². The lowest BCUT2D eigenvalue weighted by Gasteiger charge is -2.39. The average molecular weight is 465 g/mol. The van der Waals surface area contributed by atoms with Crippen LogP contribution in [0.3, 0.4) is 0 Å². The van der Waals surface area contributed by atoms with Gasteiger partial charge in [0.15, 0.2) is 0 Å². The van der Waals surface area contributed by atoms with Crippen molar-refractivity contribution in [3.05, 3.63) is 66.2 Å². The largest absolute Gasteiger partial charge is 0.383 e. The summed E-state index contributed by atoms with van der Waals surface area (Å²) in [5.41, 5.74) is 11.2. The van der Waals surface area contributed by atoms with Gasteiger partial charge in [-0.3, -0.25) is 4.90 Å². The minimum Gasteiger partial charge on any atom is -0.383 e. The molecule has 7 nitrogen and oxygen atoms in total. The monoisotopic (exact) mass is 464 g/mol. The van der Waals surface area contributed by atoms with E-state index in [9.17, 15) is 5.26 Å². The third-order valence-corrected chi connectivity index (χ3v) is 7.27. The molecule has 35 heavy (non-hydrogen) atoms. The number of nitrogens with zero attached hydrogens (tertiary/aromatic N) is 5. The van der Waals surface area contributed by atoms with Gasteiger partial charge in [0, 0.05) is 36.1 Å². The van der Waals surface area contributed by atoms with Gasteiger partial charge in [-0.1, -0.05) is 48.5 Å². The molecule has 2 N–H and O–H groups in total. The fourth-order valence-electron chi connectivity index (χ4n) is 5.27. The Morgan fingerprint density at radius 1 is 1.00 bits per heavy atom. The molecular weight excluding hydrogens is 436 g/mol. The van der Waals surface area contributed by atoms with Crippen LogP contribution in [-0.4, -0.2) is 52.5 Å². The van der Waals surface area contributed by atoms with Gasteiger partial charge in [-0.2, -0.15) is 10.4 Å². The van der Waals surface area contributed by atoms with Crippen molar-refractivity contribution >= 4 is 16.7 Å². The van der Waals surface area contributed by atoms with Gasteiger partial charge in [-0.15, -0.1) is 0 Å². The molecule has 2 fully saturated rings. The number of morpholine rings is 1. The maximum absolute atomic E-state index is 9.90. The predicted octanol–water partition coefficient (Wildman–Crippen LogP) is 4.50. The lowest BCUT2D eigenvalue weighted by atomic mass is 9.80. The van der Waals surface area contributed by atoms with Crippen molar-refractivity contribution in [2.24, 2.45) is 5.92 Å². The molecule has 6 rings (SSSR count). The standard InChI is InChI=1S/C28H28N6O/c29-17-24-27(32-34(28(24)30)23-14-19(15-23)18-33-10-12-35-13-11-33)22-7-6-21-8-9-25(31-26(21)16-22)20-4-2-1-3-5-20/h1-9,16,19,23H,10-15,18,30H2/t19-,23+. The number of benzene rings is 2. The third kappa shape index (κ3) is 4.16. The Morgan fingerprint density at radius 3 is 2.54 bits per heavy atom. The van der Waals surface area contributed by atoms with Gasteiger partial charge in [-0.05, 0) is 30.9 Å². The molecule has 176 valence electrons. The molecule has 1 saturated heterocycles. The van der Waals surface area contributed by atoms with Crippen LogP contribution in [0.5, 0.6) is 0 Å². The molecule has 7 heteroatoms. The SMILES string of the molecule is N#Cc1c(-c2ccc3ccc(-c4ccccc4)nc3c2)nn([C@H]2C[C@@H](CN3CCOCC3)C2)c1N. The molecule has 3 heterocycles. The number of ether oxygens (including phenoxy) is 1. The zero-order valence-corrected chi connectivity index (χ0v) is 19.6. The summed E-state index contributed by atoms with van der Waals surface area (Å²) in [6.45, 7) is 4.76. The summed E-state index contributed by atoms with van der Waals surface area (Å²) in [5, 5.41) is 15.8. The van der Waals surface area contributed by atoms with Crippen molar-refractivity contribution in [2.45, 2.75) is 18.9 Å². The van der Waals surface area contributed by atoms with E-state index in [2.05, 4.69) is 29.2 Å². The molecule has 0 atom stereocenters. The fourth-order valence-corrected chi connectivity index (χ4v) is 5.27. The van der Waals surface area contributed by atoms with E-state index in [0.717, 1.165) is 73.4 Å². The molecule has 0 amide bonds. The zero-order chi connectivity index (χ0) is 23.8. The van der Waals surface area contributed by atoms with Gasteiger partial charge < -0.3 is 10.5 Å². The second-order valence-corrected chi connectivity index (χ2v) is 9.54. The zero-order valence-electron chi connectivity index (χ0n) is 19.6. The Balaban J connectivity index is 1.26. The van der Waals surface area contributed by atoms with Gasteiger partial charge in [0.25, 0.3) is 0 Å². The summed E-state index contributed by atoms with van der Waals surface area (Å²) >= 11 is 0. The van der Waals surface area contributed by atoms with E-state index >= 15 is 0 Å². The van der Waals surface area contributed by atoms with E-state index in [-0.39, 0.29) is 6.04 Å². The van der Waals surface area contributed by atoms with Crippen molar-refractivity contribution in [1.29, 1.82) is 5.26 Å². The van der Waals surface area contributed by atoms with Crippen LogP contribution in [0.1, 0.15) is 24.4 Å². The van der Waals surface area contributed by atoms with Gasteiger partial charge >= 0.3 is 0 Å². The van der Waals surface area contributed by atoms with Crippen molar-refractivity contribution in [3.63, 3.8) is 0 Å². The van der Waals surface area contributed by atoms with Gasteiger partial charge in [0.1, 0.15) is 23.1 Å². The number of anilines is 1. The Morgan fingerprint density at radius 2 is 1.77 bits per heavy atom. The van der Waals surface area contributed by atoms with E-state index in [1.165, 1.54) is 0 Å². The Bertz CT molecular complexity index is 1390. The van der Waals surface area contributed by atoms with Crippen LogP contribution < -0.4 is 5.73 Å². The normalized spacial score (nSPS) is 20.4. The number of hydrogen-bond donors (Lipinski definition) is 1. The van der Waals surface area contributed by atoms with Crippen LogP contribution in [0.25, 0.3) is 33.4 Å². The topological polar surface area (TPSA) is 93.0 Å². The van der Waals surface area contributed by atoms with Crippen LogP contribution in [0.2, 0.25) is 0 Å². The predicted molar refractivity (Wildman–Crippen MR) is 137 cm³/mol. The van der Waals surface area contributed by atoms with E-state index in [0.29, 0.717) is 23.0 Å². The van der Waals surface area contributed by atoms with E-state index in [1.54, 1.807) is 0 Å². The fraction of sp³-hybridized carbons (Fsp3) is 0.321. The van der Waals surface area contributed by atoms with Crippen LogP contribution in [0.15, 0.2) is 60.7 Å². The summed E-state index contributed by atoms with van der Waals surface area (Å²) in [5.74, 6) is 1.10. The Labute approximate surface area is 204 Å². The molecule has 2 aromatic heterocycles. The molecule has 0 radical (unpaired) electrons. The van der Waals surface area contributed by atoms with Crippen LogP contribution in [-0.2, 0) is 4.74 Å². The van der Waals surface area contributed by atoms with Crippen molar-refractivity contribution in [3.8, 4) is 28.6 Å². The summed E-state index contributed by atoms with van der Waals surface area (Å²) < 4.78 is 7.33. The third-order valence-electron chi connectivity index (χ3n) is 7.27. The first-order valence-electron chi connectivity index (χ1n) is 12.2. The highest BCUT2D eigenvalue weighted by Crippen LogP contribution is 2.41. The smallest absolute Gasteiger partial charge is 0.140 e. The number of fused-ring (bicyclic) bond motifs is 1. The lowest BCUT2D eigenvalue weighted by Crippen LogP contribution is -2.43. The molecule has 1 aliphatic carbocycles. The molecule has 0 bridgehead atoms.